The van der Waals surface area contributed by atoms with E-state index in [4.69, 9.17) is 14.4 Å². The van der Waals surface area contributed by atoms with E-state index < -0.39 is 0 Å². The van der Waals surface area contributed by atoms with Gasteiger partial charge in [0, 0.05) is 36.2 Å². The summed E-state index contributed by atoms with van der Waals surface area (Å²) in [5, 5.41) is 8.99. The normalized spacial score (nSPS) is 14.8. The molecular formula is C21H20N6O2. The van der Waals surface area contributed by atoms with Gasteiger partial charge in [0.2, 0.25) is 0 Å². The van der Waals surface area contributed by atoms with Gasteiger partial charge in [0.15, 0.2) is 11.5 Å². The number of fused-ring (bicyclic) bond motifs is 5. The van der Waals surface area contributed by atoms with Crippen LogP contribution in [0.3, 0.4) is 0 Å². The Balaban J connectivity index is 1.56. The largest absolute Gasteiger partial charge is 0.497 e. The highest BCUT2D eigenvalue weighted by Gasteiger charge is 2.31. The van der Waals surface area contributed by atoms with E-state index in [0.717, 1.165) is 64.9 Å². The van der Waals surface area contributed by atoms with Crippen molar-refractivity contribution in [3.05, 3.63) is 47.8 Å². The Kier molecular flexibility index (Phi) is 3.44. The minimum absolute atomic E-state index is 0.441. The van der Waals surface area contributed by atoms with Crippen molar-refractivity contribution in [1.29, 1.82) is 0 Å². The quantitative estimate of drug-likeness (QED) is 0.468. The van der Waals surface area contributed by atoms with Crippen LogP contribution in [0.1, 0.15) is 42.8 Å². The minimum Gasteiger partial charge on any atom is -0.497 e. The summed E-state index contributed by atoms with van der Waals surface area (Å²) in [6.07, 6.45) is 6.89. The van der Waals surface area contributed by atoms with Crippen molar-refractivity contribution in [2.75, 3.05) is 7.11 Å². The SMILES string of the molecule is CCn1cc2c(n1)-c1cc(OC)ccc1-n1cnc(-c3nc(C4CC4)no3)c1C2. The van der Waals surface area contributed by atoms with Crippen molar-refractivity contribution in [2.24, 2.45) is 0 Å². The number of hydrogen-bond donors (Lipinski definition) is 0. The van der Waals surface area contributed by atoms with E-state index in [1.807, 2.05) is 29.2 Å². The lowest BCUT2D eigenvalue weighted by Crippen LogP contribution is -2.01. The molecular weight excluding hydrogens is 368 g/mol. The number of rotatable bonds is 4. The maximum absolute atomic E-state index is 5.58. The van der Waals surface area contributed by atoms with Gasteiger partial charge in [-0.15, -0.1) is 0 Å². The molecule has 0 saturated heterocycles. The van der Waals surface area contributed by atoms with Gasteiger partial charge in [-0.25, -0.2) is 4.98 Å². The van der Waals surface area contributed by atoms with Gasteiger partial charge in [0.25, 0.3) is 5.89 Å². The molecule has 1 aliphatic carbocycles. The van der Waals surface area contributed by atoms with Crippen LogP contribution in [0.2, 0.25) is 0 Å². The number of ether oxygens (including phenoxy) is 1. The van der Waals surface area contributed by atoms with Crippen LogP contribution in [0.25, 0.3) is 28.5 Å². The van der Waals surface area contributed by atoms with E-state index in [9.17, 15) is 0 Å². The summed E-state index contributed by atoms with van der Waals surface area (Å²) in [5.41, 5.74) is 5.92. The molecule has 0 bridgehead atoms. The van der Waals surface area contributed by atoms with Crippen molar-refractivity contribution in [3.63, 3.8) is 0 Å². The number of aryl methyl sites for hydroxylation is 1. The summed E-state index contributed by atoms with van der Waals surface area (Å²) in [7, 11) is 1.68. The summed E-state index contributed by atoms with van der Waals surface area (Å²) >= 11 is 0. The highest BCUT2D eigenvalue weighted by atomic mass is 16.5. The standard InChI is InChI=1S/C21H20N6O2/c1-3-26-10-13-8-17-19(21-23-20(25-29-21)12-4-5-12)22-11-27(17)16-7-6-14(28-2)9-15(16)18(13)24-26/h6-7,9-12H,3-5,8H2,1-2H3. The van der Waals surface area contributed by atoms with Crippen LogP contribution in [-0.4, -0.2) is 36.6 Å². The first kappa shape index (κ1) is 16.5. The van der Waals surface area contributed by atoms with Gasteiger partial charge in [-0.3, -0.25) is 4.68 Å². The molecule has 0 radical (unpaired) electrons. The minimum atomic E-state index is 0.441. The number of nitrogens with zero attached hydrogens (tertiary/aromatic N) is 6. The van der Waals surface area contributed by atoms with Crippen LogP contribution >= 0.6 is 0 Å². The average Bonchev–Trinajstić information content (AvgIpc) is 3.19. The van der Waals surface area contributed by atoms with E-state index >= 15 is 0 Å². The summed E-state index contributed by atoms with van der Waals surface area (Å²) < 4.78 is 15.1. The molecule has 3 aromatic heterocycles. The smallest absolute Gasteiger partial charge is 0.278 e. The zero-order chi connectivity index (χ0) is 19.5. The van der Waals surface area contributed by atoms with Gasteiger partial charge in [-0.2, -0.15) is 10.1 Å². The number of benzene rings is 1. The lowest BCUT2D eigenvalue weighted by Gasteiger charge is -2.11. The Morgan fingerprint density at radius 2 is 2.14 bits per heavy atom. The van der Waals surface area contributed by atoms with Crippen LogP contribution in [0, 0.1) is 0 Å². The number of methoxy groups -OCH3 is 1. The number of hydrogen-bond acceptors (Lipinski definition) is 6. The Morgan fingerprint density at radius 1 is 1.24 bits per heavy atom. The molecule has 2 aliphatic rings. The van der Waals surface area contributed by atoms with Gasteiger partial charge in [0.1, 0.15) is 12.1 Å². The molecule has 1 aliphatic heterocycles. The zero-order valence-electron chi connectivity index (χ0n) is 16.3. The van der Waals surface area contributed by atoms with Crippen molar-refractivity contribution in [1.82, 2.24) is 29.5 Å². The van der Waals surface area contributed by atoms with Gasteiger partial charge in [0.05, 0.1) is 24.2 Å². The molecule has 146 valence electrons. The molecule has 0 amide bonds. The van der Waals surface area contributed by atoms with E-state index in [1.54, 1.807) is 7.11 Å². The highest BCUT2D eigenvalue weighted by molar-refractivity contribution is 5.77. The molecule has 4 aromatic rings. The molecule has 0 spiro atoms. The fraction of sp³-hybridized carbons (Fsp3) is 0.333. The van der Waals surface area contributed by atoms with E-state index in [2.05, 4.69) is 32.8 Å². The van der Waals surface area contributed by atoms with Gasteiger partial charge in [-0.05, 0) is 38.0 Å². The molecule has 1 aromatic carbocycles. The van der Waals surface area contributed by atoms with Crippen molar-refractivity contribution < 1.29 is 9.26 Å². The monoisotopic (exact) mass is 388 g/mol. The Labute approximate surface area is 167 Å². The van der Waals surface area contributed by atoms with E-state index in [0.29, 0.717) is 18.2 Å². The average molecular weight is 388 g/mol. The van der Waals surface area contributed by atoms with Crippen molar-refractivity contribution in [2.45, 2.75) is 38.6 Å². The summed E-state index contributed by atoms with van der Waals surface area (Å²) in [6.45, 7) is 2.90. The second kappa shape index (κ2) is 6.04. The number of imidazole rings is 1. The van der Waals surface area contributed by atoms with E-state index in [1.165, 1.54) is 0 Å². The molecule has 0 atom stereocenters. The topological polar surface area (TPSA) is 83.8 Å². The van der Waals surface area contributed by atoms with Crippen LogP contribution in [-0.2, 0) is 13.0 Å². The van der Waals surface area contributed by atoms with Gasteiger partial charge in [-0.1, -0.05) is 5.16 Å². The third-order valence-electron chi connectivity index (χ3n) is 5.69. The predicted molar refractivity (Wildman–Crippen MR) is 105 cm³/mol. The Bertz CT molecular complexity index is 1230. The van der Waals surface area contributed by atoms with Gasteiger partial charge < -0.3 is 13.8 Å². The van der Waals surface area contributed by atoms with E-state index in [-0.39, 0.29) is 0 Å². The third-order valence-corrected chi connectivity index (χ3v) is 5.69. The second-order valence-corrected chi connectivity index (χ2v) is 7.56. The molecule has 0 N–H and O–H groups in total. The van der Waals surface area contributed by atoms with Crippen LogP contribution < -0.4 is 4.74 Å². The molecule has 29 heavy (non-hydrogen) atoms. The summed E-state index contributed by atoms with van der Waals surface area (Å²) in [4.78, 5) is 9.27. The predicted octanol–water partition coefficient (Wildman–Crippen LogP) is 3.60. The zero-order valence-corrected chi connectivity index (χ0v) is 16.3. The summed E-state index contributed by atoms with van der Waals surface area (Å²) in [5.74, 6) is 2.52. The van der Waals surface area contributed by atoms with Gasteiger partial charge >= 0.3 is 0 Å². The molecule has 8 heteroatoms. The highest BCUT2D eigenvalue weighted by Crippen LogP contribution is 2.41. The lowest BCUT2D eigenvalue weighted by atomic mass is 10.0. The summed E-state index contributed by atoms with van der Waals surface area (Å²) in [6, 6.07) is 6.04. The lowest BCUT2D eigenvalue weighted by molar-refractivity contribution is 0.415. The molecule has 6 rings (SSSR count). The van der Waals surface area contributed by atoms with Crippen LogP contribution in [0.15, 0.2) is 35.2 Å². The van der Waals surface area contributed by atoms with Crippen LogP contribution in [0.5, 0.6) is 5.75 Å². The fourth-order valence-corrected chi connectivity index (χ4v) is 3.97. The van der Waals surface area contributed by atoms with Crippen molar-refractivity contribution >= 4 is 0 Å². The molecule has 4 heterocycles. The van der Waals surface area contributed by atoms with Crippen LogP contribution in [0.4, 0.5) is 0 Å². The first-order valence-electron chi connectivity index (χ1n) is 9.90. The third kappa shape index (κ3) is 2.52. The Morgan fingerprint density at radius 3 is 2.93 bits per heavy atom. The number of aromatic nitrogens is 6. The van der Waals surface area contributed by atoms with Crippen molar-refractivity contribution in [3.8, 4) is 34.3 Å². The fourth-order valence-electron chi connectivity index (χ4n) is 3.97. The maximum Gasteiger partial charge on any atom is 0.278 e. The molecule has 1 fully saturated rings. The Hall–Kier alpha value is -3.42. The molecule has 1 saturated carbocycles. The first-order valence-corrected chi connectivity index (χ1v) is 9.90. The second-order valence-electron chi connectivity index (χ2n) is 7.56. The first-order chi connectivity index (χ1) is 14.2. The molecule has 8 nitrogen and oxygen atoms in total. The molecule has 0 unspecified atom stereocenters. The maximum atomic E-state index is 5.58.